The summed E-state index contributed by atoms with van der Waals surface area (Å²) in [6, 6.07) is 4.69. The van der Waals surface area contributed by atoms with E-state index in [1.807, 2.05) is 6.92 Å². The summed E-state index contributed by atoms with van der Waals surface area (Å²) >= 11 is 0. The van der Waals surface area contributed by atoms with Gasteiger partial charge < -0.3 is 10.1 Å². The Balaban J connectivity index is 1.95. The van der Waals surface area contributed by atoms with Crippen molar-refractivity contribution in [3.8, 4) is 5.88 Å². The van der Waals surface area contributed by atoms with Crippen LogP contribution >= 0.6 is 0 Å². The lowest BCUT2D eigenvalue weighted by Gasteiger charge is -2.07. The zero-order chi connectivity index (χ0) is 15.1. The van der Waals surface area contributed by atoms with Crippen molar-refractivity contribution in [2.45, 2.75) is 19.9 Å². The third-order valence-electron chi connectivity index (χ3n) is 2.67. The van der Waals surface area contributed by atoms with Gasteiger partial charge in [-0.1, -0.05) is 6.92 Å². The number of rotatable bonds is 6. The molecule has 0 aliphatic carbocycles. The number of hydrogen-bond donors (Lipinski definition) is 1. The molecule has 0 aliphatic rings. The summed E-state index contributed by atoms with van der Waals surface area (Å²) in [6.45, 7) is 2.91. The van der Waals surface area contributed by atoms with Gasteiger partial charge in [-0.05, 0) is 24.1 Å². The van der Waals surface area contributed by atoms with Crippen LogP contribution in [-0.2, 0) is 6.54 Å². The topological polar surface area (TPSA) is 64.1 Å². The monoisotopic (exact) mass is 289 g/mol. The van der Waals surface area contributed by atoms with Crippen molar-refractivity contribution < 1.29 is 13.9 Å². The second kappa shape index (κ2) is 7.33. The first-order chi connectivity index (χ1) is 10.2. The van der Waals surface area contributed by atoms with Crippen LogP contribution in [0.2, 0.25) is 0 Å². The third kappa shape index (κ3) is 4.52. The van der Waals surface area contributed by atoms with Gasteiger partial charge in [0.05, 0.1) is 18.4 Å². The molecule has 0 aromatic carbocycles. The molecule has 6 heteroatoms. The number of pyridine rings is 2. The molecule has 0 aliphatic heterocycles. The van der Waals surface area contributed by atoms with E-state index < -0.39 is 5.82 Å². The molecule has 5 nitrogen and oxygen atoms in total. The second-order valence-electron chi connectivity index (χ2n) is 4.43. The van der Waals surface area contributed by atoms with Gasteiger partial charge >= 0.3 is 0 Å². The molecule has 0 fully saturated rings. The molecule has 1 amide bonds. The summed E-state index contributed by atoms with van der Waals surface area (Å²) in [7, 11) is 0. The molecular formula is C15H16FN3O2. The molecule has 21 heavy (non-hydrogen) atoms. The van der Waals surface area contributed by atoms with Crippen molar-refractivity contribution in [2.24, 2.45) is 0 Å². The molecule has 0 atom stereocenters. The van der Waals surface area contributed by atoms with E-state index in [0.717, 1.165) is 24.2 Å². The van der Waals surface area contributed by atoms with Crippen molar-refractivity contribution in [2.75, 3.05) is 6.61 Å². The summed E-state index contributed by atoms with van der Waals surface area (Å²) in [4.78, 5) is 19.6. The van der Waals surface area contributed by atoms with Gasteiger partial charge in [0.25, 0.3) is 5.91 Å². The van der Waals surface area contributed by atoms with E-state index in [0.29, 0.717) is 19.0 Å². The summed E-state index contributed by atoms with van der Waals surface area (Å²) in [6.07, 6.45) is 4.89. The number of nitrogens with one attached hydrogen (secondary N) is 1. The van der Waals surface area contributed by atoms with Gasteiger partial charge in [0.1, 0.15) is 5.82 Å². The molecule has 0 unspecified atom stereocenters. The first-order valence-electron chi connectivity index (χ1n) is 6.65. The Kier molecular flexibility index (Phi) is 5.20. The number of aromatic nitrogens is 2. The van der Waals surface area contributed by atoms with Crippen molar-refractivity contribution >= 4 is 5.91 Å². The highest BCUT2D eigenvalue weighted by molar-refractivity contribution is 5.93. The largest absolute Gasteiger partial charge is 0.478 e. The Morgan fingerprint density at radius 3 is 3.00 bits per heavy atom. The van der Waals surface area contributed by atoms with Crippen molar-refractivity contribution in [1.29, 1.82) is 0 Å². The summed E-state index contributed by atoms with van der Waals surface area (Å²) in [5, 5.41) is 2.70. The van der Waals surface area contributed by atoms with Crippen LogP contribution in [0, 0.1) is 5.82 Å². The highest BCUT2D eigenvalue weighted by atomic mass is 19.1. The van der Waals surface area contributed by atoms with E-state index in [1.165, 1.54) is 6.20 Å². The average Bonchev–Trinajstić information content (AvgIpc) is 2.51. The first-order valence-corrected chi connectivity index (χ1v) is 6.65. The van der Waals surface area contributed by atoms with Crippen LogP contribution in [0.5, 0.6) is 5.88 Å². The van der Waals surface area contributed by atoms with Crippen LogP contribution in [0.25, 0.3) is 0 Å². The van der Waals surface area contributed by atoms with Crippen LogP contribution in [-0.4, -0.2) is 22.5 Å². The first kappa shape index (κ1) is 14.9. The molecule has 0 radical (unpaired) electrons. The Bertz CT molecular complexity index is 619. The lowest BCUT2D eigenvalue weighted by molar-refractivity contribution is 0.0950. The fourth-order valence-corrected chi connectivity index (χ4v) is 1.67. The number of halogens is 1. The van der Waals surface area contributed by atoms with E-state index in [9.17, 15) is 9.18 Å². The Morgan fingerprint density at radius 2 is 2.24 bits per heavy atom. The van der Waals surface area contributed by atoms with Gasteiger partial charge in [0.15, 0.2) is 0 Å². The Hall–Kier alpha value is -2.50. The average molecular weight is 289 g/mol. The third-order valence-corrected chi connectivity index (χ3v) is 2.67. The molecular weight excluding hydrogens is 273 g/mol. The molecule has 1 N–H and O–H groups in total. The van der Waals surface area contributed by atoms with E-state index >= 15 is 0 Å². The maximum atomic E-state index is 13.0. The second-order valence-corrected chi connectivity index (χ2v) is 4.43. The molecule has 2 rings (SSSR count). The van der Waals surface area contributed by atoms with E-state index in [1.54, 1.807) is 18.3 Å². The summed E-state index contributed by atoms with van der Waals surface area (Å²) < 4.78 is 18.4. The van der Waals surface area contributed by atoms with E-state index in [-0.39, 0.29) is 11.5 Å². The molecule has 2 aromatic heterocycles. The highest BCUT2D eigenvalue weighted by Gasteiger charge is 2.07. The molecule has 0 saturated carbocycles. The number of amides is 1. The molecule has 2 aromatic rings. The van der Waals surface area contributed by atoms with Crippen LogP contribution in [0.3, 0.4) is 0 Å². The molecule has 0 bridgehead atoms. The smallest absolute Gasteiger partial charge is 0.253 e. The van der Waals surface area contributed by atoms with Crippen LogP contribution in [0.1, 0.15) is 29.3 Å². The van der Waals surface area contributed by atoms with Crippen molar-refractivity contribution in [3.63, 3.8) is 0 Å². The molecule has 110 valence electrons. The van der Waals surface area contributed by atoms with Crippen LogP contribution in [0.15, 0.2) is 36.8 Å². The van der Waals surface area contributed by atoms with Gasteiger partial charge in [0, 0.05) is 25.0 Å². The highest BCUT2D eigenvalue weighted by Crippen LogP contribution is 2.10. The zero-order valence-electron chi connectivity index (χ0n) is 11.7. The van der Waals surface area contributed by atoms with Crippen molar-refractivity contribution in [3.05, 3.63) is 53.7 Å². The van der Waals surface area contributed by atoms with E-state index in [2.05, 4.69) is 15.3 Å². The van der Waals surface area contributed by atoms with Gasteiger partial charge in [-0.15, -0.1) is 0 Å². The summed E-state index contributed by atoms with van der Waals surface area (Å²) in [5.74, 6) is -0.396. The summed E-state index contributed by atoms with van der Waals surface area (Å²) in [5.41, 5.74) is 1.04. The van der Waals surface area contributed by atoms with Crippen LogP contribution in [0.4, 0.5) is 4.39 Å². The lowest BCUT2D eigenvalue weighted by atomic mass is 10.2. The Labute approximate surface area is 122 Å². The fraction of sp³-hybridized carbons (Fsp3) is 0.267. The minimum atomic E-state index is -0.540. The number of carbonyl (C=O) groups is 1. The van der Waals surface area contributed by atoms with Gasteiger partial charge in [-0.2, -0.15) is 0 Å². The van der Waals surface area contributed by atoms with Gasteiger partial charge in [-0.25, -0.2) is 9.37 Å². The van der Waals surface area contributed by atoms with E-state index in [4.69, 9.17) is 4.74 Å². The normalized spacial score (nSPS) is 10.2. The SMILES string of the molecule is CCCOc1cc(CNC(=O)c2cncc(F)c2)ccn1. The zero-order valence-corrected chi connectivity index (χ0v) is 11.7. The quantitative estimate of drug-likeness (QED) is 0.886. The predicted molar refractivity (Wildman–Crippen MR) is 75.4 cm³/mol. The molecule has 2 heterocycles. The minimum absolute atomic E-state index is 0.187. The molecule has 0 spiro atoms. The maximum absolute atomic E-state index is 13.0. The van der Waals surface area contributed by atoms with Crippen molar-refractivity contribution in [1.82, 2.24) is 15.3 Å². The van der Waals surface area contributed by atoms with Gasteiger partial charge in [-0.3, -0.25) is 9.78 Å². The maximum Gasteiger partial charge on any atom is 0.253 e. The number of ether oxygens (including phenoxy) is 1. The molecule has 0 saturated heterocycles. The van der Waals surface area contributed by atoms with Gasteiger partial charge in [0.2, 0.25) is 5.88 Å². The minimum Gasteiger partial charge on any atom is -0.478 e. The lowest BCUT2D eigenvalue weighted by Crippen LogP contribution is -2.23. The fourth-order valence-electron chi connectivity index (χ4n) is 1.67. The standard InChI is InChI=1S/C15H16FN3O2/c1-2-5-21-14-6-11(3-4-18-14)8-19-15(20)12-7-13(16)10-17-9-12/h3-4,6-7,9-10H,2,5,8H2,1H3,(H,19,20). The number of hydrogen-bond acceptors (Lipinski definition) is 4. The number of nitrogens with zero attached hydrogens (tertiary/aromatic N) is 2. The number of carbonyl (C=O) groups excluding carboxylic acids is 1. The predicted octanol–water partition coefficient (Wildman–Crippen LogP) is 2.33. The Morgan fingerprint density at radius 1 is 1.38 bits per heavy atom. The van der Waals surface area contributed by atoms with Crippen LogP contribution < -0.4 is 10.1 Å².